The van der Waals surface area contributed by atoms with Gasteiger partial charge in [0.15, 0.2) is 0 Å². The maximum absolute atomic E-state index is 13.5. The summed E-state index contributed by atoms with van der Waals surface area (Å²) in [7, 11) is -5.53. The smallest absolute Gasteiger partial charge is 0.329 e. The van der Waals surface area contributed by atoms with E-state index in [0.717, 1.165) is 31.0 Å². The SMILES string of the molecule is Cc1nc(C)c(/C=C/c2ccc(N3CC(=O)N(CC[Si](C)(C)C)S3(=O)=O)c(OCc3ccccc3)c2)s1. The third-order valence-electron chi connectivity index (χ3n) is 6.04. The van der Waals surface area contributed by atoms with Crippen molar-refractivity contribution >= 4 is 53.4 Å². The Bertz CT molecular complexity index is 1410. The number of hydrogen-bond donors (Lipinski definition) is 0. The lowest BCUT2D eigenvalue weighted by atomic mass is 10.1. The number of nitrogens with zero attached hydrogens (tertiary/aromatic N) is 3. The van der Waals surface area contributed by atoms with Crippen molar-refractivity contribution in [2.24, 2.45) is 0 Å². The summed E-state index contributed by atoms with van der Waals surface area (Å²) in [6, 6.07) is 15.8. The van der Waals surface area contributed by atoms with Gasteiger partial charge in [0.2, 0.25) is 0 Å². The quantitative estimate of drug-likeness (QED) is 0.315. The van der Waals surface area contributed by atoms with E-state index in [1.807, 2.05) is 68.5 Å². The first-order valence-corrected chi connectivity index (χ1v) is 18.1. The highest BCUT2D eigenvalue weighted by molar-refractivity contribution is 7.91. The maximum Gasteiger partial charge on any atom is 0.329 e. The van der Waals surface area contributed by atoms with Crippen LogP contribution in [0.5, 0.6) is 5.75 Å². The molecule has 1 aliphatic heterocycles. The molecule has 1 amide bonds. The predicted octanol–water partition coefficient (Wildman–Crippen LogP) is 5.74. The van der Waals surface area contributed by atoms with E-state index in [2.05, 4.69) is 24.6 Å². The molecule has 1 aliphatic rings. The Morgan fingerprint density at radius 3 is 2.46 bits per heavy atom. The average molecular weight is 556 g/mol. The second-order valence-electron chi connectivity index (χ2n) is 10.3. The van der Waals surface area contributed by atoms with Crippen LogP contribution in [0.2, 0.25) is 25.7 Å². The summed E-state index contributed by atoms with van der Waals surface area (Å²) >= 11 is 1.62. The van der Waals surface area contributed by atoms with E-state index in [4.69, 9.17) is 4.74 Å². The molecule has 0 N–H and O–H groups in total. The fraction of sp³-hybridized carbons (Fsp3) is 0.333. The van der Waals surface area contributed by atoms with Gasteiger partial charge in [0.1, 0.15) is 18.9 Å². The molecule has 2 heterocycles. The van der Waals surface area contributed by atoms with Gasteiger partial charge in [-0.15, -0.1) is 11.3 Å². The molecule has 0 bridgehead atoms. The number of rotatable bonds is 9. The summed E-state index contributed by atoms with van der Waals surface area (Å²) in [5, 5.41) is 1.00. The highest BCUT2D eigenvalue weighted by Crippen LogP contribution is 2.36. The van der Waals surface area contributed by atoms with Crippen molar-refractivity contribution in [1.29, 1.82) is 0 Å². The van der Waals surface area contributed by atoms with Crippen LogP contribution in [0.25, 0.3) is 12.2 Å². The Kier molecular flexibility index (Phi) is 7.91. The minimum Gasteiger partial charge on any atom is -0.487 e. The fourth-order valence-corrected chi connectivity index (χ4v) is 7.42. The Morgan fingerprint density at radius 2 is 1.81 bits per heavy atom. The number of aromatic nitrogens is 1. The van der Waals surface area contributed by atoms with Crippen molar-refractivity contribution in [3.8, 4) is 5.75 Å². The van der Waals surface area contributed by atoms with Gasteiger partial charge in [-0.1, -0.05) is 62.1 Å². The zero-order chi connectivity index (χ0) is 26.8. The van der Waals surface area contributed by atoms with E-state index in [1.54, 1.807) is 17.4 Å². The number of benzene rings is 2. The highest BCUT2D eigenvalue weighted by Gasteiger charge is 2.43. The maximum atomic E-state index is 13.5. The van der Waals surface area contributed by atoms with Crippen LogP contribution >= 0.6 is 11.3 Å². The van der Waals surface area contributed by atoms with Gasteiger partial charge in [-0.2, -0.15) is 8.42 Å². The second kappa shape index (κ2) is 10.8. The zero-order valence-electron chi connectivity index (χ0n) is 21.9. The third kappa shape index (κ3) is 6.49. The van der Waals surface area contributed by atoms with Crippen LogP contribution < -0.4 is 9.04 Å². The molecule has 0 aliphatic carbocycles. The normalized spacial score (nSPS) is 15.6. The molecule has 7 nitrogen and oxygen atoms in total. The van der Waals surface area contributed by atoms with Crippen LogP contribution in [0, 0.1) is 13.8 Å². The highest BCUT2D eigenvalue weighted by atomic mass is 32.2. The molecule has 1 aromatic heterocycles. The van der Waals surface area contributed by atoms with Gasteiger partial charge in [-0.3, -0.25) is 4.79 Å². The standard InChI is InChI=1S/C27H33N3O4S2Si/c1-20-26(35-21(2)28-20)14-12-22-11-13-24(25(17-22)34-19-23-9-7-6-8-10-23)30-18-27(31)29(36(30,32)33)15-16-37(3,4)5/h6-14,17H,15-16,18-19H2,1-5H3/b14-12+. The molecular formula is C27H33N3O4S2Si. The van der Waals surface area contributed by atoms with Crippen LogP contribution in [-0.2, 0) is 21.6 Å². The lowest BCUT2D eigenvalue weighted by Crippen LogP contribution is -2.37. The number of aryl methyl sites for hydroxylation is 2. The summed E-state index contributed by atoms with van der Waals surface area (Å²) in [5.41, 5.74) is 3.15. The first kappa shape index (κ1) is 27.1. The van der Waals surface area contributed by atoms with Crippen molar-refractivity contribution in [3.05, 3.63) is 75.2 Å². The number of thiazole rings is 1. The lowest BCUT2D eigenvalue weighted by molar-refractivity contribution is -0.123. The van der Waals surface area contributed by atoms with E-state index in [9.17, 15) is 13.2 Å². The first-order chi connectivity index (χ1) is 17.4. The first-order valence-electron chi connectivity index (χ1n) is 12.2. The summed E-state index contributed by atoms with van der Waals surface area (Å²) in [6.45, 7) is 10.7. The van der Waals surface area contributed by atoms with Crippen molar-refractivity contribution in [1.82, 2.24) is 9.29 Å². The van der Waals surface area contributed by atoms with Crippen molar-refractivity contribution in [3.63, 3.8) is 0 Å². The average Bonchev–Trinajstić information content (AvgIpc) is 3.27. The van der Waals surface area contributed by atoms with Crippen LogP contribution in [0.15, 0.2) is 48.5 Å². The van der Waals surface area contributed by atoms with Gasteiger partial charge >= 0.3 is 10.2 Å². The monoisotopic (exact) mass is 555 g/mol. The molecule has 196 valence electrons. The summed E-state index contributed by atoms with van der Waals surface area (Å²) in [6.07, 6.45) is 3.97. The number of hydrogen-bond acceptors (Lipinski definition) is 6. The van der Waals surface area contributed by atoms with E-state index < -0.39 is 24.2 Å². The zero-order valence-corrected chi connectivity index (χ0v) is 24.5. The third-order valence-corrected chi connectivity index (χ3v) is 10.6. The molecule has 10 heteroatoms. The molecule has 3 aromatic rings. The summed E-state index contributed by atoms with van der Waals surface area (Å²) < 4.78 is 35.3. The van der Waals surface area contributed by atoms with Gasteiger partial charge in [0.05, 0.1) is 21.3 Å². The molecule has 0 spiro atoms. The molecule has 0 unspecified atom stereocenters. The molecule has 37 heavy (non-hydrogen) atoms. The fourth-order valence-electron chi connectivity index (χ4n) is 3.98. The Morgan fingerprint density at radius 1 is 1.08 bits per heavy atom. The van der Waals surface area contributed by atoms with E-state index in [0.29, 0.717) is 17.5 Å². The molecule has 4 rings (SSSR count). The number of ether oxygens (including phenoxy) is 1. The Balaban J connectivity index is 1.66. The predicted molar refractivity (Wildman–Crippen MR) is 154 cm³/mol. The summed E-state index contributed by atoms with van der Waals surface area (Å²) in [5.74, 6) is -0.00102. The molecule has 0 saturated carbocycles. The number of carbonyl (C=O) groups is 1. The topological polar surface area (TPSA) is 79.8 Å². The second-order valence-corrected chi connectivity index (χ2v) is 18.9. The van der Waals surface area contributed by atoms with Crippen molar-refractivity contribution < 1.29 is 17.9 Å². The lowest BCUT2D eigenvalue weighted by Gasteiger charge is -2.24. The van der Waals surface area contributed by atoms with Gasteiger partial charge in [-0.25, -0.2) is 13.6 Å². The van der Waals surface area contributed by atoms with Crippen molar-refractivity contribution in [2.45, 2.75) is 46.1 Å². The minimum atomic E-state index is -3.99. The molecule has 0 radical (unpaired) electrons. The minimum absolute atomic E-state index is 0.210. The van der Waals surface area contributed by atoms with Crippen LogP contribution in [0.1, 0.15) is 26.7 Å². The summed E-state index contributed by atoms with van der Waals surface area (Å²) in [4.78, 5) is 18.3. The van der Waals surface area contributed by atoms with Gasteiger partial charge in [0.25, 0.3) is 5.91 Å². The van der Waals surface area contributed by atoms with Crippen LogP contribution in [-0.4, -0.2) is 44.8 Å². The molecule has 1 fully saturated rings. The van der Waals surface area contributed by atoms with E-state index in [-0.39, 0.29) is 19.7 Å². The molecule has 1 saturated heterocycles. The van der Waals surface area contributed by atoms with Gasteiger partial charge < -0.3 is 4.74 Å². The Labute approximate surface area is 224 Å². The number of amides is 1. The molecular weight excluding hydrogens is 523 g/mol. The molecule has 2 aromatic carbocycles. The van der Waals surface area contributed by atoms with Gasteiger partial charge in [-0.05, 0) is 49.2 Å². The molecule has 0 atom stereocenters. The van der Waals surface area contributed by atoms with E-state index >= 15 is 0 Å². The largest absolute Gasteiger partial charge is 0.487 e. The van der Waals surface area contributed by atoms with Gasteiger partial charge in [0, 0.05) is 14.6 Å². The van der Waals surface area contributed by atoms with Crippen molar-refractivity contribution in [2.75, 3.05) is 17.4 Å². The Hall–Kier alpha value is -2.95. The number of anilines is 1. The van der Waals surface area contributed by atoms with Crippen LogP contribution in [0.4, 0.5) is 5.69 Å². The van der Waals surface area contributed by atoms with Crippen LogP contribution in [0.3, 0.4) is 0 Å². The number of carbonyl (C=O) groups excluding carboxylic acids is 1. The van der Waals surface area contributed by atoms with E-state index in [1.165, 1.54) is 4.31 Å².